The zero-order valence-corrected chi connectivity index (χ0v) is 15.2. The average molecular weight is 342 g/mol. The van der Waals surface area contributed by atoms with Crippen LogP contribution in [0.15, 0.2) is 29.1 Å². The third-order valence-corrected chi connectivity index (χ3v) is 4.50. The molecule has 3 rings (SSSR count). The lowest BCUT2D eigenvalue weighted by atomic mass is 10.1. The highest BCUT2D eigenvalue weighted by atomic mass is 16.5. The van der Waals surface area contributed by atoms with Crippen LogP contribution in [0.5, 0.6) is 5.75 Å². The summed E-state index contributed by atoms with van der Waals surface area (Å²) in [4.78, 5) is 24.1. The molecule has 2 heterocycles. The SMILES string of the molecule is CCOc1ccc(CN2CCc3nc(N(C)C)[nH]c(=O)c3CC2)cc1. The van der Waals surface area contributed by atoms with E-state index in [2.05, 4.69) is 27.0 Å². The summed E-state index contributed by atoms with van der Waals surface area (Å²) < 4.78 is 5.49. The summed E-state index contributed by atoms with van der Waals surface area (Å²) in [5.41, 5.74) is 3.02. The molecule has 25 heavy (non-hydrogen) atoms. The minimum Gasteiger partial charge on any atom is -0.494 e. The van der Waals surface area contributed by atoms with Crippen molar-refractivity contribution in [3.05, 3.63) is 51.4 Å². The molecule has 6 nitrogen and oxygen atoms in total. The quantitative estimate of drug-likeness (QED) is 0.898. The van der Waals surface area contributed by atoms with Gasteiger partial charge in [-0.25, -0.2) is 4.98 Å². The Hall–Kier alpha value is -2.34. The summed E-state index contributed by atoms with van der Waals surface area (Å²) in [6.07, 6.45) is 1.54. The van der Waals surface area contributed by atoms with Crippen molar-refractivity contribution >= 4 is 5.95 Å². The molecule has 6 heteroatoms. The molecule has 0 atom stereocenters. The summed E-state index contributed by atoms with van der Waals surface area (Å²) >= 11 is 0. The van der Waals surface area contributed by atoms with Gasteiger partial charge in [0.25, 0.3) is 5.56 Å². The van der Waals surface area contributed by atoms with Crippen LogP contribution in [0.1, 0.15) is 23.7 Å². The van der Waals surface area contributed by atoms with Crippen LogP contribution in [0.2, 0.25) is 0 Å². The Labute approximate surface area is 148 Å². The molecule has 0 bridgehead atoms. The van der Waals surface area contributed by atoms with Crippen molar-refractivity contribution in [3.63, 3.8) is 0 Å². The van der Waals surface area contributed by atoms with E-state index in [0.29, 0.717) is 12.6 Å². The molecule has 0 saturated heterocycles. The number of aromatic amines is 1. The molecular weight excluding hydrogens is 316 g/mol. The molecule has 0 unspecified atom stereocenters. The van der Waals surface area contributed by atoms with Crippen LogP contribution >= 0.6 is 0 Å². The second-order valence-corrected chi connectivity index (χ2v) is 6.56. The van der Waals surface area contributed by atoms with Crippen molar-refractivity contribution in [2.24, 2.45) is 0 Å². The second-order valence-electron chi connectivity index (χ2n) is 6.56. The monoisotopic (exact) mass is 342 g/mol. The van der Waals surface area contributed by atoms with Crippen LogP contribution in [0, 0.1) is 0 Å². The zero-order valence-electron chi connectivity index (χ0n) is 15.2. The molecule has 0 spiro atoms. The van der Waals surface area contributed by atoms with Gasteiger partial charge in [0.15, 0.2) is 0 Å². The average Bonchev–Trinajstić information content (AvgIpc) is 2.80. The third kappa shape index (κ3) is 4.20. The van der Waals surface area contributed by atoms with Crippen molar-refractivity contribution in [1.29, 1.82) is 0 Å². The van der Waals surface area contributed by atoms with E-state index in [4.69, 9.17) is 4.74 Å². The van der Waals surface area contributed by atoms with E-state index < -0.39 is 0 Å². The largest absolute Gasteiger partial charge is 0.494 e. The van der Waals surface area contributed by atoms with Gasteiger partial charge in [-0.2, -0.15) is 0 Å². The topological polar surface area (TPSA) is 61.5 Å². The second kappa shape index (κ2) is 7.70. The van der Waals surface area contributed by atoms with Gasteiger partial charge in [-0.05, 0) is 31.0 Å². The number of hydrogen-bond donors (Lipinski definition) is 1. The molecule has 0 amide bonds. The van der Waals surface area contributed by atoms with Gasteiger partial charge in [0.2, 0.25) is 5.95 Å². The summed E-state index contributed by atoms with van der Waals surface area (Å²) in [5, 5.41) is 0. The molecular formula is C19H26N4O2. The molecule has 1 aliphatic heterocycles. The number of fused-ring (bicyclic) bond motifs is 1. The summed E-state index contributed by atoms with van der Waals surface area (Å²) in [7, 11) is 3.78. The van der Waals surface area contributed by atoms with E-state index in [1.165, 1.54) is 5.56 Å². The number of benzene rings is 1. The van der Waals surface area contributed by atoms with Crippen molar-refractivity contribution < 1.29 is 4.74 Å². The molecule has 1 N–H and O–H groups in total. The van der Waals surface area contributed by atoms with Gasteiger partial charge >= 0.3 is 0 Å². The Balaban J connectivity index is 1.69. The Morgan fingerprint density at radius 2 is 1.92 bits per heavy atom. The highest BCUT2D eigenvalue weighted by molar-refractivity contribution is 5.32. The van der Waals surface area contributed by atoms with Gasteiger partial charge in [0.05, 0.1) is 12.3 Å². The molecule has 0 radical (unpaired) electrons. The van der Waals surface area contributed by atoms with E-state index in [9.17, 15) is 4.79 Å². The number of rotatable bonds is 5. The maximum atomic E-state index is 12.4. The Morgan fingerprint density at radius 1 is 1.20 bits per heavy atom. The summed E-state index contributed by atoms with van der Waals surface area (Å²) in [5.74, 6) is 1.53. The summed E-state index contributed by atoms with van der Waals surface area (Å²) in [6, 6.07) is 8.25. The van der Waals surface area contributed by atoms with E-state index in [1.807, 2.05) is 38.1 Å². The molecule has 0 aliphatic carbocycles. The molecule has 134 valence electrons. The zero-order chi connectivity index (χ0) is 17.8. The Morgan fingerprint density at radius 3 is 2.60 bits per heavy atom. The van der Waals surface area contributed by atoms with Crippen molar-refractivity contribution in [3.8, 4) is 5.75 Å². The van der Waals surface area contributed by atoms with E-state index >= 15 is 0 Å². The van der Waals surface area contributed by atoms with E-state index in [-0.39, 0.29) is 5.56 Å². The number of H-pyrrole nitrogens is 1. The Kier molecular flexibility index (Phi) is 5.38. The molecule has 0 saturated carbocycles. The first-order valence-electron chi connectivity index (χ1n) is 8.80. The van der Waals surface area contributed by atoms with Gasteiger partial charge in [-0.15, -0.1) is 0 Å². The first kappa shape index (κ1) is 17.5. The van der Waals surface area contributed by atoms with Crippen LogP contribution in [0.4, 0.5) is 5.95 Å². The maximum Gasteiger partial charge on any atom is 0.255 e. The van der Waals surface area contributed by atoms with Crippen LogP contribution in [0.25, 0.3) is 0 Å². The minimum atomic E-state index is -0.00313. The minimum absolute atomic E-state index is 0.00313. The van der Waals surface area contributed by atoms with Crippen LogP contribution in [0.3, 0.4) is 0 Å². The fraction of sp³-hybridized carbons (Fsp3) is 0.474. The lowest BCUT2D eigenvalue weighted by molar-refractivity contribution is 0.278. The predicted molar refractivity (Wildman–Crippen MR) is 99.5 cm³/mol. The normalized spacial score (nSPS) is 14.7. The number of ether oxygens (including phenoxy) is 1. The van der Waals surface area contributed by atoms with Crippen molar-refractivity contribution in [2.45, 2.75) is 26.3 Å². The van der Waals surface area contributed by atoms with Crippen LogP contribution in [-0.4, -0.2) is 48.7 Å². The van der Waals surface area contributed by atoms with Gasteiger partial charge in [0, 0.05) is 45.7 Å². The van der Waals surface area contributed by atoms with Gasteiger partial charge in [0.1, 0.15) is 5.75 Å². The lowest BCUT2D eigenvalue weighted by Gasteiger charge is -2.19. The lowest BCUT2D eigenvalue weighted by Crippen LogP contribution is -2.26. The summed E-state index contributed by atoms with van der Waals surface area (Å²) in [6.45, 7) is 5.31. The smallest absolute Gasteiger partial charge is 0.255 e. The van der Waals surface area contributed by atoms with Crippen molar-refractivity contribution in [2.75, 3.05) is 38.7 Å². The molecule has 1 aromatic heterocycles. The number of hydrogen-bond acceptors (Lipinski definition) is 5. The Bertz CT molecular complexity index is 768. The van der Waals surface area contributed by atoms with Crippen molar-refractivity contribution in [1.82, 2.24) is 14.9 Å². The first-order valence-corrected chi connectivity index (χ1v) is 8.80. The maximum absolute atomic E-state index is 12.4. The highest BCUT2D eigenvalue weighted by Crippen LogP contribution is 2.17. The highest BCUT2D eigenvalue weighted by Gasteiger charge is 2.19. The molecule has 1 aromatic carbocycles. The fourth-order valence-electron chi connectivity index (χ4n) is 3.13. The van der Waals surface area contributed by atoms with E-state index in [1.54, 1.807) is 0 Å². The number of aromatic nitrogens is 2. The van der Waals surface area contributed by atoms with Gasteiger partial charge < -0.3 is 9.64 Å². The number of nitrogens with one attached hydrogen (secondary N) is 1. The molecule has 2 aromatic rings. The third-order valence-electron chi connectivity index (χ3n) is 4.50. The van der Waals surface area contributed by atoms with E-state index in [0.717, 1.165) is 49.5 Å². The molecule has 1 aliphatic rings. The number of anilines is 1. The number of nitrogens with zero attached hydrogens (tertiary/aromatic N) is 3. The van der Waals surface area contributed by atoms with Gasteiger partial charge in [-0.1, -0.05) is 12.1 Å². The fourth-order valence-corrected chi connectivity index (χ4v) is 3.13. The van der Waals surface area contributed by atoms with Crippen LogP contribution < -0.4 is 15.2 Å². The standard InChI is InChI=1S/C19H26N4O2/c1-4-25-15-7-5-14(6-8-15)13-23-11-9-16-17(10-12-23)20-19(22(2)3)21-18(16)24/h5-8H,4,9-13H2,1-3H3,(H,20,21,24). The first-order chi connectivity index (χ1) is 12.1. The predicted octanol–water partition coefficient (Wildman–Crippen LogP) is 1.84. The van der Waals surface area contributed by atoms with Gasteiger partial charge in [-0.3, -0.25) is 14.7 Å². The van der Waals surface area contributed by atoms with Crippen LogP contribution in [-0.2, 0) is 19.4 Å². The molecule has 0 fully saturated rings.